The second kappa shape index (κ2) is 6.23. The highest BCUT2D eigenvalue weighted by Crippen LogP contribution is 2.57. The summed E-state index contributed by atoms with van der Waals surface area (Å²) < 4.78 is 5.62. The van der Waals surface area contributed by atoms with Crippen LogP contribution in [0.3, 0.4) is 0 Å². The van der Waals surface area contributed by atoms with E-state index < -0.39 is 5.41 Å². The number of nitrogens with zero attached hydrogens (tertiary/aromatic N) is 1. The molecule has 0 unspecified atom stereocenters. The first-order valence-electron chi connectivity index (χ1n) is 8.71. The lowest BCUT2D eigenvalue weighted by Gasteiger charge is -2.38. The molecule has 0 saturated heterocycles. The Hall–Kier alpha value is -1.42. The fourth-order valence-corrected chi connectivity index (χ4v) is 4.79. The van der Waals surface area contributed by atoms with Crippen molar-refractivity contribution in [1.82, 2.24) is 4.90 Å². The van der Waals surface area contributed by atoms with E-state index in [0.717, 1.165) is 56.3 Å². The van der Waals surface area contributed by atoms with Gasteiger partial charge in [-0.3, -0.25) is 9.59 Å². The number of carbonyl (C=O) groups is 2. The summed E-state index contributed by atoms with van der Waals surface area (Å²) in [7, 11) is 2.13. The third-order valence-corrected chi connectivity index (χ3v) is 5.74. The van der Waals surface area contributed by atoms with Gasteiger partial charge in [0.1, 0.15) is 6.10 Å². The molecule has 0 N–H and O–H groups in total. The van der Waals surface area contributed by atoms with Crippen molar-refractivity contribution in [2.75, 3.05) is 20.1 Å². The second-order valence-corrected chi connectivity index (χ2v) is 7.42. The van der Waals surface area contributed by atoms with Gasteiger partial charge in [0.15, 0.2) is 5.78 Å². The van der Waals surface area contributed by atoms with Crippen molar-refractivity contribution in [1.29, 1.82) is 0 Å². The molecule has 0 aromatic rings. The fourth-order valence-electron chi connectivity index (χ4n) is 4.79. The highest BCUT2D eigenvalue weighted by Gasteiger charge is 2.57. The van der Waals surface area contributed by atoms with Crippen LogP contribution in [0.4, 0.5) is 0 Å². The van der Waals surface area contributed by atoms with Crippen molar-refractivity contribution < 1.29 is 14.3 Å². The molecule has 0 aromatic heterocycles. The molecule has 23 heavy (non-hydrogen) atoms. The number of rotatable bonds is 1. The molecule has 1 spiro atoms. The van der Waals surface area contributed by atoms with E-state index in [1.807, 2.05) is 13.0 Å². The molecule has 3 aliphatic rings. The third-order valence-electron chi connectivity index (χ3n) is 5.74. The van der Waals surface area contributed by atoms with E-state index in [0.29, 0.717) is 0 Å². The minimum atomic E-state index is -0.426. The van der Waals surface area contributed by atoms with Crippen molar-refractivity contribution >= 4 is 11.8 Å². The van der Waals surface area contributed by atoms with E-state index in [2.05, 4.69) is 18.0 Å². The highest BCUT2D eigenvalue weighted by atomic mass is 16.5. The van der Waals surface area contributed by atoms with Crippen molar-refractivity contribution in [2.45, 2.75) is 52.1 Å². The molecule has 0 radical (unpaired) electrons. The van der Waals surface area contributed by atoms with Crippen molar-refractivity contribution in [3.05, 3.63) is 23.3 Å². The smallest absolute Gasteiger partial charge is 0.303 e. The summed E-state index contributed by atoms with van der Waals surface area (Å²) in [6, 6.07) is 0. The zero-order chi connectivity index (χ0) is 16.6. The number of ether oxygens (including phenoxy) is 1. The predicted octanol–water partition coefficient (Wildman–Crippen LogP) is 2.89. The lowest BCUT2D eigenvalue weighted by Crippen LogP contribution is -2.39. The topological polar surface area (TPSA) is 46.6 Å². The normalized spacial score (nSPS) is 37.4. The molecule has 0 bridgehead atoms. The summed E-state index contributed by atoms with van der Waals surface area (Å²) in [4.78, 5) is 26.9. The summed E-state index contributed by atoms with van der Waals surface area (Å²) in [5, 5.41) is 0. The average Bonchev–Trinajstić information content (AvgIpc) is 2.76. The van der Waals surface area contributed by atoms with Gasteiger partial charge in [-0.25, -0.2) is 0 Å². The molecular weight excluding hydrogens is 290 g/mol. The summed E-state index contributed by atoms with van der Waals surface area (Å²) >= 11 is 0. The summed E-state index contributed by atoms with van der Waals surface area (Å²) in [6.45, 7) is 5.50. The summed E-state index contributed by atoms with van der Waals surface area (Å²) in [5.74, 6) is 0.259. The number of esters is 1. The van der Waals surface area contributed by atoms with Crippen LogP contribution in [0.5, 0.6) is 0 Å². The molecule has 1 aliphatic heterocycles. The van der Waals surface area contributed by atoms with Gasteiger partial charge in [0.2, 0.25) is 0 Å². The van der Waals surface area contributed by atoms with E-state index in [1.54, 1.807) is 0 Å². The Morgan fingerprint density at radius 3 is 2.91 bits per heavy atom. The molecule has 4 heteroatoms. The van der Waals surface area contributed by atoms with Crippen LogP contribution in [-0.4, -0.2) is 42.9 Å². The molecule has 4 nitrogen and oxygen atoms in total. The minimum absolute atomic E-state index is 0.218. The zero-order valence-corrected chi connectivity index (χ0v) is 14.4. The van der Waals surface area contributed by atoms with Gasteiger partial charge in [0, 0.05) is 13.5 Å². The first kappa shape index (κ1) is 16.4. The Morgan fingerprint density at radius 1 is 1.39 bits per heavy atom. The van der Waals surface area contributed by atoms with Crippen molar-refractivity contribution in [3.63, 3.8) is 0 Å². The van der Waals surface area contributed by atoms with E-state index in [4.69, 9.17) is 4.74 Å². The van der Waals surface area contributed by atoms with Gasteiger partial charge in [-0.1, -0.05) is 11.6 Å². The maximum atomic E-state index is 13.1. The molecular formula is C19H27NO3. The summed E-state index contributed by atoms with van der Waals surface area (Å²) in [5.41, 5.74) is 1.82. The van der Waals surface area contributed by atoms with Crippen LogP contribution in [0.2, 0.25) is 0 Å². The van der Waals surface area contributed by atoms with Crippen LogP contribution in [0, 0.1) is 11.3 Å². The van der Waals surface area contributed by atoms with E-state index in [9.17, 15) is 9.59 Å². The van der Waals surface area contributed by atoms with Crippen LogP contribution in [0.15, 0.2) is 23.3 Å². The molecule has 0 amide bonds. The minimum Gasteiger partial charge on any atom is -0.458 e. The maximum Gasteiger partial charge on any atom is 0.303 e. The Bertz CT molecular complexity index is 577. The number of hydrogen-bond donors (Lipinski definition) is 0. The fraction of sp³-hybridized carbons (Fsp3) is 0.684. The molecule has 0 aromatic carbocycles. The monoisotopic (exact) mass is 317 g/mol. The maximum absolute atomic E-state index is 13.1. The van der Waals surface area contributed by atoms with Gasteiger partial charge < -0.3 is 9.64 Å². The van der Waals surface area contributed by atoms with Crippen LogP contribution in [0.1, 0.15) is 46.0 Å². The lowest BCUT2D eigenvalue weighted by molar-refractivity contribution is -0.144. The van der Waals surface area contributed by atoms with E-state index in [-0.39, 0.29) is 23.8 Å². The quantitative estimate of drug-likeness (QED) is 0.551. The van der Waals surface area contributed by atoms with Gasteiger partial charge in [-0.15, -0.1) is 0 Å². The molecule has 126 valence electrons. The number of ketones is 1. The average molecular weight is 317 g/mol. The molecule has 1 heterocycles. The van der Waals surface area contributed by atoms with Crippen LogP contribution in [-0.2, 0) is 14.3 Å². The predicted molar refractivity (Wildman–Crippen MR) is 88.9 cm³/mol. The van der Waals surface area contributed by atoms with E-state index in [1.165, 1.54) is 6.92 Å². The second-order valence-electron chi connectivity index (χ2n) is 7.42. The van der Waals surface area contributed by atoms with Crippen LogP contribution >= 0.6 is 0 Å². The third kappa shape index (κ3) is 2.89. The van der Waals surface area contributed by atoms with E-state index >= 15 is 0 Å². The number of carbonyl (C=O) groups excluding carboxylic acids is 2. The number of allylic oxidation sites excluding steroid dienone is 2. The Labute approximate surface area is 138 Å². The van der Waals surface area contributed by atoms with Gasteiger partial charge in [-0.05, 0) is 70.2 Å². The van der Waals surface area contributed by atoms with Crippen molar-refractivity contribution in [3.8, 4) is 0 Å². The summed E-state index contributed by atoms with van der Waals surface area (Å²) in [6.07, 6.45) is 8.33. The lowest BCUT2D eigenvalue weighted by atomic mass is 9.64. The SMILES string of the molecule is CC(=O)O[C@@H]1C[C@H]2CC(C)=CC(=O)[C@]23CCCN(C)CC/C=C/13. The van der Waals surface area contributed by atoms with Gasteiger partial charge in [0.05, 0.1) is 5.41 Å². The van der Waals surface area contributed by atoms with Gasteiger partial charge in [0.25, 0.3) is 0 Å². The van der Waals surface area contributed by atoms with Crippen molar-refractivity contribution in [2.24, 2.45) is 11.3 Å². The molecule has 3 rings (SSSR count). The Kier molecular flexibility index (Phi) is 4.45. The molecule has 1 saturated carbocycles. The molecule has 2 aliphatic carbocycles. The first-order valence-corrected chi connectivity index (χ1v) is 8.71. The van der Waals surface area contributed by atoms with Gasteiger partial charge >= 0.3 is 5.97 Å². The zero-order valence-electron chi connectivity index (χ0n) is 14.4. The van der Waals surface area contributed by atoms with Crippen LogP contribution < -0.4 is 0 Å². The molecule has 1 fully saturated rings. The molecule has 3 atom stereocenters. The first-order chi connectivity index (χ1) is 10.9. The standard InChI is InChI=1S/C19H27NO3/c1-13-10-15-12-17(23-14(2)21)16-6-4-8-20(3)9-5-7-19(15,16)18(22)11-13/h6,11,15,17H,4-5,7-10,12H2,1-3H3/b16-6-/t15-,17-,19-/m1/s1. The Morgan fingerprint density at radius 2 is 2.17 bits per heavy atom. The number of hydrogen-bond acceptors (Lipinski definition) is 4. The van der Waals surface area contributed by atoms with Crippen LogP contribution in [0.25, 0.3) is 0 Å². The van der Waals surface area contributed by atoms with Gasteiger partial charge in [-0.2, -0.15) is 0 Å². The highest BCUT2D eigenvalue weighted by molar-refractivity contribution is 5.99. The largest absolute Gasteiger partial charge is 0.458 e. The Balaban J connectivity index is 2.03.